The van der Waals surface area contributed by atoms with Crippen molar-refractivity contribution >= 4 is 38.1 Å². The van der Waals surface area contributed by atoms with Gasteiger partial charge in [0.05, 0.1) is 13.7 Å². The summed E-state index contributed by atoms with van der Waals surface area (Å²) in [5, 5.41) is 43.4. The van der Waals surface area contributed by atoms with Crippen molar-refractivity contribution in [3.05, 3.63) is 30.0 Å². The first-order valence-electron chi connectivity index (χ1n) is 8.96. The lowest BCUT2D eigenvalue weighted by Crippen LogP contribution is -2.57. The summed E-state index contributed by atoms with van der Waals surface area (Å²) in [4.78, 5) is 3.03. The molecule has 1 aromatic carbocycles. The molecule has 31 heavy (non-hydrogen) atoms. The summed E-state index contributed by atoms with van der Waals surface area (Å²) in [7, 11) is -3.68. The summed E-state index contributed by atoms with van der Waals surface area (Å²) >= 11 is 0.672. The van der Waals surface area contributed by atoms with Gasteiger partial charge in [0.15, 0.2) is 0 Å². The van der Waals surface area contributed by atoms with E-state index < -0.39 is 46.9 Å². The van der Waals surface area contributed by atoms with Crippen molar-refractivity contribution in [1.82, 2.24) is 4.98 Å². The number of nitrogens with one attached hydrogen (secondary N) is 1. The van der Waals surface area contributed by atoms with Gasteiger partial charge in [-0.25, -0.2) is 0 Å². The number of aliphatic hydroxyl groups excluding tert-OH is 4. The van der Waals surface area contributed by atoms with Gasteiger partial charge in [-0.1, -0.05) is 23.0 Å². The predicted molar refractivity (Wildman–Crippen MR) is 108 cm³/mol. The number of aromatic nitrogens is 1. The Labute approximate surface area is 181 Å². The third-order valence-corrected chi connectivity index (χ3v) is 6.01. The molecule has 2 heterocycles. The van der Waals surface area contributed by atoms with Gasteiger partial charge in [0.1, 0.15) is 40.6 Å². The van der Waals surface area contributed by atoms with Crippen LogP contribution in [0.4, 0.5) is 0 Å². The molecule has 5 atom stereocenters. The van der Waals surface area contributed by atoms with E-state index in [-0.39, 0.29) is 11.5 Å². The van der Waals surface area contributed by atoms with E-state index in [9.17, 15) is 33.4 Å². The smallest absolute Gasteiger partial charge is 0.284 e. The second-order valence-electron chi connectivity index (χ2n) is 6.66. The Morgan fingerprint density at radius 3 is 2.68 bits per heavy atom. The quantitative estimate of drug-likeness (QED) is 0.108. The number of hydrogen-bond donors (Lipinski definition) is 5. The van der Waals surface area contributed by atoms with Crippen LogP contribution in [0.5, 0.6) is 5.75 Å². The molecule has 1 aliphatic heterocycles. The first kappa shape index (κ1) is 23.7. The zero-order chi connectivity index (χ0) is 22.8. The fraction of sp³-hybridized carbons (Fsp3) is 0.471. The first-order valence-corrected chi connectivity index (χ1v) is 11.2. The van der Waals surface area contributed by atoms with Gasteiger partial charge < -0.3 is 39.4 Å². The van der Waals surface area contributed by atoms with Crippen LogP contribution in [-0.2, 0) is 25.8 Å². The highest BCUT2D eigenvalue weighted by Crippen LogP contribution is 2.33. The Morgan fingerprint density at radius 2 is 2.03 bits per heavy atom. The standard InChI is InChI=1S/C17H22N2O10S2/c1-27-10-4-2-3-9-13(10)8(6-18-9)5-12(19-29-31(24,25)26)30-17-16(23)15(22)14(21)11(7-20)28-17/h2-4,6,11,14-18,20-23H,5,7H2,1H3,(H,24,25,26)/p-1/b19-12-/t11-,14-,15+,16-,17+/m1/s1. The molecule has 0 amide bonds. The highest BCUT2D eigenvalue weighted by molar-refractivity contribution is 8.14. The van der Waals surface area contributed by atoms with Crippen LogP contribution < -0.4 is 4.74 Å². The third kappa shape index (κ3) is 5.48. The molecule has 1 fully saturated rings. The summed E-state index contributed by atoms with van der Waals surface area (Å²) in [5.74, 6) is 0.531. The molecular weight excluding hydrogens is 456 g/mol. The Bertz CT molecular complexity index is 1040. The third-order valence-electron chi connectivity index (χ3n) is 4.64. The van der Waals surface area contributed by atoms with Crippen LogP contribution in [0.1, 0.15) is 5.56 Å². The molecule has 1 saturated heterocycles. The number of H-pyrrole nitrogens is 1. The lowest BCUT2D eigenvalue weighted by Gasteiger charge is -2.39. The molecule has 0 unspecified atom stereocenters. The van der Waals surface area contributed by atoms with Crippen LogP contribution in [0, 0.1) is 0 Å². The first-order chi connectivity index (χ1) is 14.6. The Hall–Kier alpha value is -1.91. The molecule has 0 bridgehead atoms. The molecule has 2 aromatic rings. The fourth-order valence-electron chi connectivity index (χ4n) is 3.17. The van der Waals surface area contributed by atoms with Crippen molar-refractivity contribution in [3.8, 4) is 5.75 Å². The highest BCUT2D eigenvalue weighted by atomic mass is 32.3. The average molecular weight is 477 g/mol. The van der Waals surface area contributed by atoms with Crippen LogP contribution in [0.3, 0.4) is 0 Å². The van der Waals surface area contributed by atoms with E-state index in [0.29, 0.717) is 28.5 Å². The van der Waals surface area contributed by atoms with Crippen molar-refractivity contribution in [2.75, 3.05) is 13.7 Å². The SMILES string of the molecule is COc1cccc2[nH]cc(C/C(=N/OS(=O)(=O)[O-])S[C@@H]3O[C@H](CO)[C@@H](O)[C@H](O)[C@H]3O)c12. The molecule has 1 aliphatic rings. The molecule has 1 aromatic heterocycles. The summed E-state index contributed by atoms with van der Waals surface area (Å²) < 4.78 is 47.5. The molecule has 0 aliphatic carbocycles. The van der Waals surface area contributed by atoms with Crippen molar-refractivity contribution in [2.45, 2.75) is 36.3 Å². The van der Waals surface area contributed by atoms with Crippen LogP contribution in [0.2, 0.25) is 0 Å². The molecule has 14 heteroatoms. The molecule has 0 spiro atoms. The van der Waals surface area contributed by atoms with E-state index >= 15 is 0 Å². The average Bonchev–Trinajstić information content (AvgIpc) is 3.14. The van der Waals surface area contributed by atoms with E-state index in [1.165, 1.54) is 7.11 Å². The molecular formula is C17H21N2O10S2-. The summed E-state index contributed by atoms with van der Waals surface area (Å²) in [5.41, 5.74) is 0.0819. The topological polar surface area (TPSA) is 194 Å². The fourth-order valence-corrected chi connectivity index (χ4v) is 4.49. The molecule has 12 nitrogen and oxygen atoms in total. The molecule has 0 saturated carbocycles. The number of fused-ring (bicyclic) bond motifs is 1. The number of aliphatic hydroxyl groups is 4. The number of benzene rings is 1. The van der Waals surface area contributed by atoms with Crippen molar-refractivity contribution < 1.29 is 47.2 Å². The maximum Gasteiger partial charge on any atom is 0.284 e. The van der Waals surface area contributed by atoms with E-state index in [1.807, 2.05) is 0 Å². The normalized spacial score (nSPS) is 27.4. The number of thioether (sulfide) groups is 1. The lowest BCUT2D eigenvalue weighted by atomic mass is 10.0. The lowest BCUT2D eigenvalue weighted by molar-refractivity contribution is -0.205. The summed E-state index contributed by atoms with van der Waals surface area (Å²) in [6.45, 7) is -0.639. The number of rotatable bonds is 7. The maximum absolute atomic E-state index is 10.9. The van der Waals surface area contributed by atoms with Crippen molar-refractivity contribution in [3.63, 3.8) is 0 Å². The van der Waals surface area contributed by atoms with Gasteiger partial charge in [-0.2, -0.15) is 8.42 Å². The van der Waals surface area contributed by atoms with Gasteiger partial charge in [-0.05, 0) is 17.7 Å². The number of methoxy groups -OCH3 is 1. The number of ether oxygens (including phenoxy) is 2. The molecule has 172 valence electrons. The molecule has 3 rings (SSSR count). The van der Waals surface area contributed by atoms with E-state index in [1.54, 1.807) is 24.4 Å². The van der Waals surface area contributed by atoms with Crippen molar-refractivity contribution in [2.24, 2.45) is 5.16 Å². The van der Waals surface area contributed by atoms with E-state index in [0.717, 1.165) is 5.52 Å². The van der Waals surface area contributed by atoms with Gasteiger partial charge >= 0.3 is 0 Å². The minimum Gasteiger partial charge on any atom is -0.714 e. The largest absolute Gasteiger partial charge is 0.714 e. The number of nitrogens with zero attached hydrogens (tertiary/aromatic N) is 1. The van der Waals surface area contributed by atoms with Gasteiger partial charge in [0.2, 0.25) is 0 Å². The number of hydrogen-bond acceptors (Lipinski definition) is 12. The minimum absolute atomic E-state index is 0.0599. The Balaban J connectivity index is 1.91. The summed E-state index contributed by atoms with van der Waals surface area (Å²) in [6, 6.07) is 5.29. The van der Waals surface area contributed by atoms with Gasteiger partial charge in [0, 0.05) is 23.5 Å². The second kappa shape index (κ2) is 9.70. The van der Waals surface area contributed by atoms with Crippen LogP contribution in [0.15, 0.2) is 29.6 Å². The maximum atomic E-state index is 10.9. The van der Waals surface area contributed by atoms with Gasteiger partial charge in [-0.15, -0.1) is 0 Å². The van der Waals surface area contributed by atoms with Crippen LogP contribution >= 0.6 is 11.8 Å². The van der Waals surface area contributed by atoms with Gasteiger partial charge in [-0.3, -0.25) is 4.28 Å². The van der Waals surface area contributed by atoms with Crippen LogP contribution in [-0.4, -0.2) is 87.0 Å². The van der Waals surface area contributed by atoms with E-state index in [4.69, 9.17) is 9.47 Å². The predicted octanol–water partition coefficient (Wildman–Crippen LogP) is -0.958. The number of oxime groups is 1. The molecule has 0 radical (unpaired) electrons. The Morgan fingerprint density at radius 1 is 1.29 bits per heavy atom. The zero-order valence-corrected chi connectivity index (χ0v) is 17.7. The number of aromatic amines is 1. The van der Waals surface area contributed by atoms with Crippen molar-refractivity contribution in [1.29, 1.82) is 0 Å². The Kier molecular flexibility index (Phi) is 7.43. The van der Waals surface area contributed by atoms with Gasteiger partial charge in [0.25, 0.3) is 10.4 Å². The van der Waals surface area contributed by atoms with Crippen LogP contribution in [0.25, 0.3) is 10.9 Å². The monoisotopic (exact) mass is 477 g/mol. The second-order valence-corrected chi connectivity index (χ2v) is 8.79. The summed E-state index contributed by atoms with van der Waals surface area (Å²) in [6.07, 6.45) is -4.41. The minimum atomic E-state index is -5.16. The van der Waals surface area contributed by atoms with E-state index in [2.05, 4.69) is 14.4 Å². The zero-order valence-electron chi connectivity index (χ0n) is 16.1. The molecule has 5 N–H and O–H groups in total. The highest BCUT2D eigenvalue weighted by Gasteiger charge is 2.44.